The molecule has 0 saturated carbocycles. The van der Waals surface area contributed by atoms with Gasteiger partial charge in [-0.3, -0.25) is 9.59 Å². The van der Waals surface area contributed by atoms with E-state index < -0.39 is 0 Å². The summed E-state index contributed by atoms with van der Waals surface area (Å²) >= 11 is 9.37. The predicted molar refractivity (Wildman–Crippen MR) is 102 cm³/mol. The fourth-order valence-electron chi connectivity index (χ4n) is 3.01. The van der Waals surface area contributed by atoms with E-state index in [-0.39, 0.29) is 30.2 Å². The van der Waals surface area contributed by atoms with Crippen molar-refractivity contribution in [1.82, 2.24) is 4.90 Å². The summed E-state index contributed by atoms with van der Waals surface area (Å²) in [5.74, 6) is -0.513. The van der Waals surface area contributed by atoms with E-state index in [0.29, 0.717) is 17.3 Å². The van der Waals surface area contributed by atoms with E-state index in [1.807, 2.05) is 37.3 Å². The Morgan fingerprint density at radius 1 is 1.28 bits per heavy atom. The van der Waals surface area contributed by atoms with Crippen LogP contribution in [0.3, 0.4) is 0 Å². The van der Waals surface area contributed by atoms with Crippen LogP contribution >= 0.6 is 27.5 Å². The van der Waals surface area contributed by atoms with Crippen LogP contribution in [0.2, 0.25) is 5.02 Å². The Balaban J connectivity index is 1.67. The van der Waals surface area contributed by atoms with Crippen LogP contribution in [0, 0.1) is 5.92 Å². The van der Waals surface area contributed by atoms with Crippen LogP contribution in [-0.2, 0) is 9.59 Å². The highest BCUT2D eigenvalue weighted by atomic mass is 79.9. The molecule has 2 aromatic rings. The van der Waals surface area contributed by atoms with E-state index >= 15 is 0 Å². The topological polar surface area (TPSA) is 49.4 Å². The largest absolute Gasteiger partial charge is 0.335 e. The average molecular weight is 422 g/mol. The number of amides is 2. The SMILES string of the molecule is C[C@H](c1ccccc1)N1C[C@@H](C(=O)Nc2ccc(Br)c(Cl)c2)CC1=O. The zero-order chi connectivity index (χ0) is 18.0. The average Bonchev–Trinajstić information content (AvgIpc) is 3.00. The molecule has 0 unspecified atom stereocenters. The highest BCUT2D eigenvalue weighted by molar-refractivity contribution is 9.10. The zero-order valence-electron chi connectivity index (χ0n) is 13.7. The predicted octanol–water partition coefficient (Wildman–Crippen LogP) is 4.65. The van der Waals surface area contributed by atoms with Gasteiger partial charge in [-0.1, -0.05) is 41.9 Å². The number of benzene rings is 2. The van der Waals surface area contributed by atoms with Gasteiger partial charge < -0.3 is 10.2 Å². The highest BCUT2D eigenvalue weighted by Gasteiger charge is 2.37. The molecule has 2 amide bonds. The Hall–Kier alpha value is -1.85. The maximum atomic E-state index is 12.5. The molecule has 130 valence electrons. The molecule has 0 aliphatic carbocycles. The lowest BCUT2D eigenvalue weighted by molar-refractivity contribution is -0.129. The number of hydrogen-bond donors (Lipinski definition) is 1. The van der Waals surface area contributed by atoms with Gasteiger partial charge in [-0.25, -0.2) is 0 Å². The van der Waals surface area contributed by atoms with Gasteiger partial charge in [-0.2, -0.15) is 0 Å². The van der Waals surface area contributed by atoms with Crippen molar-refractivity contribution in [2.24, 2.45) is 5.92 Å². The molecule has 0 bridgehead atoms. The van der Waals surface area contributed by atoms with Crippen molar-refractivity contribution in [3.8, 4) is 0 Å². The summed E-state index contributed by atoms with van der Waals surface area (Å²) < 4.78 is 0.770. The molecule has 1 aliphatic heterocycles. The van der Waals surface area contributed by atoms with Crippen LogP contribution in [0.5, 0.6) is 0 Å². The Morgan fingerprint density at radius 2 is 2.00 bits per heavy atom. The molecule has 2 aromatic carbocycles. The summed E-state index contributed by atoms with van der Waals surface area (Å²) in [5, 5.41) is 3.38. The molecule has 1 fully saturated rings. The summed E-state index contributed by atoms with van der Waals surface area (Å²) in [6.45, 7) is 2.41. The monoisotopic (exact) mass is 420 g/mol. The van der Waals surface area contributed by atoms with Crippen LogP contribution < -0.4 is 5.32 Å². The molecule has 3 rings (SSSR count). The van der Waals surface area contributed by atoms with Gasteiger partial charge in [0.05, 0.1) is 17.0 Å². The second-order valence-electron chi connectivity index (χ2n) is 6.15. The van der Waals surface area contributed by atoms with Crippen molar-refractivity contribution in [2.75, 3.05) is 11.9 Å². The van der Waals surface area contributed by atoms with Crippen molar-refractivity contribution in [1.29, 1.82) is 0 Å². The lowest BCUT2D eigenvalue weighted by Crippen LogP contribution is -2.30. The van der Waals surface area contributed by atoms with Gasteiger partial charge in [0.25, 0.3) is 0 Å². The first-order valence-electron chi connectivity index (χ1n) is 8.06. The molecular formula is C19H18BrClN2O2. The van der Waals surface area contributed by atoms with Gasteiger partial charge in [0.15, 0.2) is 0 Å². The highest BCUT2D eigenvalue weighted by Crippen LogP contribution is 2.30. The number of carbonyl (C=O) groups excluding carboxylic acids is 2. The number of likely N-dealkylation sites (tertiary alicyclic amines) is 1. The molecule has 0 radical (unpaired) electrons. The second-order valence-corrected chi connectivity index (χ2v) is 7.41. The number of hydrogen-bond acceptors (Lipinski definition) is 2. The molecule has 1 N–H and O–H groups in total. The summed E-state index contributed by atoms with van der Waals surface area (Å²) in [6.07, 6.45) is 0.229. The van der Waals surface area contributed by atoms with Gasteiger partial charge in [-0.15, -0.1) is 0 Å². The molecule has 0 aromatic heterocycles. The second kappa shape index (κ2) is 7.58. The van der Waals surface area contributed by atoms with Crippen molar-refractivity contribution >= 4 is 45.0 Å². The fourth-order valence-corrected chi connectivity index (χ4v) is 3.44. The molecular weight excluding hydrogens is 404 g/mol. The van der Waals surface area contributed by atoms with E-state index in [0.717, 1.165) is 10.0 Å². The molecule has 2 atom stereocenters. The summed E-state index contributed by atoms with van der Waals surface area (Å²) in [5.41, 5.74) is 1.69. The lowest BCUT2D eigenvalue weighted by atomic mass is 10.1. The van der Waals surface area contributed by atoms with E-state index in [1.54, 1.807) is 23.1 Å². The van der Waals surface area contributed by atoms with Crippen molar-refractivity contribution in [3.05, 3.63) is 63.6 Å². The molecule has 6 heteroatoms. The number of nitrogens with zero attached hydrogens (tertiary/aromatic N) is 1. The van der Waals surface area contributed by atoms with Gasteiger partial charge in [0.1, 0.15) is 0 Å². The molecule has 1 aliphatic rings. The minimum atomic E-state index is -0.360. The fraction of sp³-hybridized carbons (Fsp3) is 0.263. The number of carbonyl (C=O) groups is 2. The third-order valence-corrected chi connectivity index (χ3v) is 5.70. The van der Waals surface area contributed by atoms with Crippen molar-refractivity contribution < 1.29 is 9.59 Å². The number of halogens is 2. The van der Waals surface area contributed by atoms with Crippen LogP contribution in [0.25, 0.3) is 0 Å². The third kappa shape index (κ3) is 4.05. The molecule has 25 heavy (non-hydrogen) atoms. The first-order chi connectivity index (χ1) is 12.0. The normalized spacial score (nSPS) is 18.3. The number of rotatable bonds is 4. The Labute approximate surface area is 160 Å². The van der Waals surface area contributed by atoms with Crippen molar-refractivity contribution in [2.45, 2.75) is 19.4 Å². The van der Waals surface area contributed by atoms with Crippen molar-refractivity contribution in [3.63, 3.8) is 0 Å². The lowest BCUT2D eigenvalue weighted by Gasteiger charge is -2.25. The minimum absolute atomic E-state index is 0.00495. The standard InChI is InChI=1S/C19H18BrClN2O2/c1-12(13-5-3-2-4-6-13)23-11-14(9-18(23)24)19(25)22-15-7-8-16(20)17(21)10-15/h2-8,10,12,14H,9,11H2,1H3,(H,22,25)/t12-,14+/m1/s1. The van der Waals surface area contributed by atoms with E-state index in [1.165, 1.54) is 0 Å². The molecule has 4 nitrogen and oxygen atoms in total. The Bertz CT molecular complexity index is 797. The number of anilines is 1. The van der Waals surface area contributed by atoms with Crippen LogP contribution in [0.1, 0.15) is 24.9 Å². The summed E-state index contributed by atoms with van der Waals surface area (Å²) in [7, 11) is 0. The van der Waals surface area contributed by atoms with Gasteiger partial charge >= 0.3 is 0 Å². The van der Waals surface area contributed by atoms with Gasteiger partial charge in [0, 0.05) is 23.1 Å². The van der Waals surface area contributed by atoms with Crippen LogP contribution in [0.15, 0.2) is 53.0 Å². The van der Waals surface area contributed by atoms with Crippen LogP contribution in [-0.4, -0.2) is 23.3 Å². The number of nitrogens with one attached hydrogen (secondary N) is 1. The Morgan fingerprint density at radius 3 is 2.68 bits per heavy atom. The van der Waals surface area contributed by atoms with E-state index in [4.69, 9.17) is 11.6 Å². The maximum Gasteiger partial charge on any atom is 0.229 e. The minimum Gasteiger partial charge on any atom is -0.335 e. The van der Waals surface area contributed by atoms with E-state index in [2.05, 4.69) is 21.2 Å². The van der Waals surface area contributed by atoms with Gasteiger partial charge in [0.2, 0.25) is 11.8 Å². The van der Waals surface area contributed by atoms with E-state index in [9.17, 15) is 9.59 Å². The van der Waals surface area contributed by atoms with Gasteiger partial charge in [-0.05, 0) is 46.6 Å². The summed E-state index contributed by atoms with van der Waals surface area (Å²) in [6, 6.07) is 15.0. The molecule has 0 spiro atoms. The molecule has 1 heterocycles. The summed E-state index contributed by atoms with van der Waals surface area (Å²) in [4.78, 5) is 26.7. The quantitative estimate of drug-likeness (QED) is 0.781. The van der Waals surface area contributed by atoms with Crippen LogP contribution in [0.4, 0.5) is 5.69 Å². The molecule has 1 saturated heterocycles. The maximum absolute atomic E-state index is 12.5. The third-order valence-electron chi connectivity index (χ3n) is 4.47. The smallest absolute Gasteiger partial charge is 0.229 e. The first kappa shape index (κ1) is 18.0. The first-order valence-corrected chi connectivity index (χ1v) is 9.23. The zero-order valence-corrected chi connectivity index (χ0v) is 16.0. The Kier molecular flexibility index (Phi) is 5.45.